The Kier molecular flexibility index (Phi) is 10.2. The lowest BCUT2D eigenvalue weighted by Gasteiger charge is -2.40. The highest BCUT2D eigenvalue weighted by Crippen LogP contribution is 2.52. The monoisotopic (exact) mass is 1040 g/mol. The molecule has 2 aromatic heterocycles. The molecule has 2 aliphatic rings. The van der Waals surface area contributed by atoms with Gasteiger partial charge in [0.15, 0.2) is 0 Å². The van der Waals surface area contributed by atoms with Crippen molar-refractivity contribution in [3.63, 3.8) is 0 Å². The number of hydrogen-bond acceptors (Lipinski definition) is 2. The van der Waals surface area contributed by atoms with Gasteiger partial charge in [-0.1, -0.05) is 224 Å². The van der Waals surface area contributed by atoms with Gasteiger partial charge in [-0.3, -0.25) is 0 Å². The van der Waals surface area contributed by atoms with Crippen LogP contribution in [0.3, 0.4) is 0 Å². The fourth-order valence-corrected chi connectivity index (χ4v) is 15.1. The van der Waals surface area contributed by atoms with Crippen molar-refractivity contribution in [1.82, 2.24) is 4.57 Å². The van der Waals surface area contributed by atoms with E-state index < -0.39 is 0 Å². The lowest BCUT2D eigenvalue weighted by molar-refractivity contribution is 0.590. The first kappa shape index (κ1) is 47.1. The molecule has 0 fully saturated rings. The minimum atomic E-state index is -0.0683. The van der Waals surface area contributed by atoms with Gasteiger partial charge in [-0.25, -0.2) is 0 Å². The third-order valence-electron chi connectivity index (χ3n) is 17.6. The average Bonchev–Trinajstić information content (AvgIpc) is 4.23. The molecule has 2 aliphatic heterocycles. The first-order valence-corrected chi connectivity index (χ1v) is 29.1. The number of para-hydroxylation sites is 1. The summed E-state index contributed by atoms with van der Waals surface area (Å²) in [4.78, 5) is 2.67. The summed E-state index contributed by atoms with van der Waals surface area (Å²) in [5, 5.41) is 11.7. The van der Waals surface area contributed by atoms with E-state index in [1.165, 1.54) is 153 Å². The van der Waals surface area contributed by atoms with E-state index in [4.69, 9.17) is 0 Å². The van der Waals surface area contributed by atoms with E-state index in [0.29, 0.717) is 0 Å². The molecule has 0 spiro atoms. The van der Waals surface area contributed by atoms with Gasteiger partial charge in [0.05, 0.1) is 16.7 Å². The van der Waals surface area contributed by atoms with Crippen molar-refractivity contribution in [3.8, 4) is 50.2 Å². The molecule has 4 heterocycles. The SMILES string of the molecule is CC(C)(C)c1ccc(N2c3cc(-c4c(-c5ccccc5)cc(-c5ccccc5)cc4-c4ccccc4)cc4c3B(c3sc5ccc(C(C)(C)C)cc5c32)c2cc3c5ccccc5c5ccccc5c3c3c5ccccc5n-4c23)cc1. The Labute approximate surface area is 471 Å². The van der Waals surface area contributed by atoms with Gasteiger partial charge in [-0.15, -0.1) is 11.3 Å². The van der Waals surface area contributed by atoms with Crippen LogP contribution in [-0.2, 0) is 10.8 Å². The Morgan fingerprint density at radius 2 is 0.912 bits per heavy atom. The number of fused-ring (bicyclic) bond motifs is 16. The number of aromatic nitrogens is 1. The summed E-state index contributed by atoms with van der Waals surface area (Å²) < 4.78 is 5.38. The zero-order valence-corrected chi connectivity index (χ0v) is 46.7. The van der Waals surface area contributed by atoms with Crippen molar-refractivity contribution in [1.29, 1.82) is 0 Å². The van der Waals surface area contributed by atoms with Crippen molar-refractivity contribution < 1.29 is 0 Å². The van der Waals surface area contributed by atoms with E-state index in [2.05, 4.69) is 288 Å². The largest absolute Gasteiger partial charge is 0.310 e. The number of hydrogen-bond donors (Lipinski definition) is 0. The van der Waals surface area contributed by atoms with Gasteiger partial charge < -0.3 is 9.47 Å². The third-order valence-corrected chi connectivity index (χ3v) is 18.8. The predicted molar refractivity (Wildman–Crippen MR) is 347 cm³/mol. The Balaban J connectivity index is 1.13. The van der Waals surface area contributed by atoms with Gasteiger partial charge in [0.2, 0.25) is 0 Å². The van der Waals surface area contributed by atoms with E-state index in [-0.39, 0.29) is 17.5 Å². The molecule has 2 nitrogen and oxygen atoms in total. The van der Waals surface area contributed by atoms with Crippen LogP contribution in [-0.4, -0.2) is 11.3 Å². The average molecular weight is 1040 g/mol. The minimum Gasteiger partial charge on any atom is -0.310 e. The Bertz CT molecular complexity index is 4820. The molecule has 0 bridgehead atoms. The van der Waals surface area contributed by atoms with Gasteiger partial charge >= 0.3 is 0 Å². The fourth-order valence-electron chi connectivity index (χ4n) is 13.8. The van der Waals surface area contributed by atoms with E-state index in [1.54, 1.807) is 0 Å². The molecule has 0 amide bonds. The number of thiophene rings is 1. The maximum absolute atomic E-state index is 2.68. The quantitative estimate of drug-likeness (QED) is 0.123. The standard InChI is InChI=1S/C76H57BN2S/c1-75(2,3)51-34-37-53(38-35-51)78-65-42-50(68-59(47-24-12-8-13-25-47)40-49(46-22-10-7-11-23-46)41-60(68)48-26-14-9-15-27-48)43-66-71(65)77(74-72(78)62-44-52(76(4,5)6)36-39-67(62)80-74)63-45-61-56-30-17-16-28-54(56)55-29-18-19-31-57(55)69(61)70-58-32-20-21-33-64(58)79(66)73(63)70/h7-45H,1-6H3. The summed E-state index contributed by atoms with van der Waals surface area (Å²) in [5.41, 5.74) is 22.2. The van der Waals surface area contributed by atoms with Gasteiger partial charge in [-0.2, -0.15) is 0 Å². The van der Waals surface area contributed by atoms with Crippen LogP contribution in [0, 0.1) is 0 Å². The molecule has 14 aromatic rings. The molecular formula is C76H57BN2S. The van der Waals surface area contributed by atoms with Crippen LogP contribution in [0.5, 0.6) is 0 Å². The van der Waals surface area contributed by atoms with Crippen molar-refractivity contribution in [2.75, 3.05) is 4.90 Å². The molecule has 0 saturated heterocycles. The van der Waals surface area contributed by atoms with Crippen LogP contribution in [0.1, 0.15) is 52.7 Å². The normalized spacial score (nSPS) is 13.1. The zero-order valence-electron chi connectivity index (χ0n) is 45.9. The zero-order chi connectivity index (χ0) is 53.8. The topological polar surface area (TPSA) is 8.17 Å². The minimum absolute atomic E-state index is 0.0110. The summed E-state index contributed by atoms with van der Waals surface area (Å²) in [7, 11) is 0. The second-order valence-electron chi connectivity index (χ2n) is 24.4. The lowest BCUT2D eigenvalue weighted by atomic mass is 9.36. The lowest BCUT2D eigenvalue weighted by Crippen LogP contribution is -2.59. The maximum Gasteiger partial charge on any atom is 0.264 e. The number of benzene rings is 12. The Morgan fingerprint density at radius 3 is 1.54 bits per heavy atom. The van der Waals surface area contributed by atoms with Crippen molar-refractivity contribution in [2.24, 2.45) is 0 Å². The number of rotatable bonds is 5. The summed E-state index contributed by atoms with van der Waals surface area (Å²) in [6.45, 7) is 13.9. The fraction of sp³-hybridized carbons (Fsp3) is 0.105. The van der Waals surface area contributed by atoms with Crippen LogP contribution < -0.4 is 20.6 Å². The highest BCUT2D eigenvalue weighted by Gasteiger charge is 2.45. The van der Waals surface area contributed by atoms with Crippen molar-refractivity contribution in [2.45, 2.75) is 52.4 Å². The smallest absolute Gasteiger partial charge is 0.264 e. The summed E-state index contributed by atoms with van der Waals surface area (Å²) in [6, 6.07) is 90.1. The molecule has 16 rings (SSSR count). The van der Waals surface area contributed by atoms with E-state index in [0.717, 1.165) is 5.69 Å². The van der Waals surface area contributed by atoms with Gasteiger partial charge in [0, 0.05) is 48.1 Å². The van der Waals surface area contributed by atoms with Crippen molar-refractivity contribution in [3.05, 3.63) is 248 Å². The Morgan fingerprint density at radius 1 is 0.388 bits per heavy atom. The number of nitrogens with zero attached hydrogens (tertiary/aromatic N) is 2. The maximum atomic E-state index is 2.68. The molecular weight excluding hydrogens is 984 g/mol. The van der Waals surface area contributed by atoms with Crippen LogP contribution in [0.15, 0.2) is 237 Å². The van der Waals surface area contributed by atoms with Crippen LogP contribution in [0.2, 0.25) is 0 Å². The number of anilines is 3. The molecule has 0 atom stereocenters. The van der Waals surface area contributed by atoms with Crippen LogP contribution in [0.25, 0.3) is 114 Å². The highest BCUT2D eigenvalue weighted by atomic mass is 32.1. The molecule has 0 aliphatic carbocycles. The van der Waals surface area contributed by atoms with Gasteiger partial charge in [0.1, 0.15) is 0 Å². The van der Waals surface area contributed by atoms with E-state index in [1.807, 2.05) is 11.3 Å². The summed E-state index contributed by atoms with van der Waals surface area (Å²) in [5.74, 6) is 0. The second-order valence-corrected chi connectivity index (χ2v) is 25.5. The first-order valence-electron chi connectivity index (χ1n) is 28.3. The second kappa shape index (κ2) is 17.3. The highest BCUT2D eigenvalue weighted by molar-refractivity contribution is 7.33. The first-order chi connectivity index (χ1) is 39.0. The molecule has 0 unspecified atom stereocenters. The molecule has 0 saturated carbocycles. The van der Waals surface area contributed by atoms with Crippen molar-refractivity contribution >= 4 is 115 Å². The van der Waals surface area contributed by atoms with Gasteiger partial charge in [-0.05, 0) is 159 Å². The molecule has 0 radical (unpaired) electrons. The Hall–Kier alpha value is -8.96. The third kappa shape index (κ3) is 6.91. The predicted octanol–water partition coefficient (Wildman–Crippen LogP) is 19.3. The molecule has 4 heteroatoms. The van der Waals surface area contributed by atoms with Gasteiger partial charge in [0.25, 0.3) is 6.71 Å². The summed E-state index contributed by atoms with van der Waals surface area (Å²) >= 11 is 1.99. The molecule has 380 valence electrons. The van der Waals surface area contributed by atoms with Crippen LogP contribution in [0.4, 0.5) is 17.1 Å². The molecule has 0 N–H and O–H groups in total. The van der Waals surface area contributed by atoms with E-state index >= 15 is 0 Å². The van der Waals surface area contributed by atoms with Crippen LogP contribution >= 0.6 is 11.3 Å². The molecule has 12 aromatic carbocycles. The molecule has 80 heavy (non-hydrogen) atoms. The summed E-state index contributed by atoms with van der Waals surface area (Å²) in [6.07, 6.45) is 0. The van der Waals surface area contributed by atoms with E-state index in [9.17, 15) is 0 Å².